The summed E-state index contributed by atoms with van der Waals surface area (Å²) in [7, 11) is 0. The molecule has 0 saturated heterocycles. The molecule has 1 atom stereocenters. The second kappa shape index (κ2) is 59.9. The maximum absolute atomic E-state index is 12.8. The van der Waals surface area contributed by atoms with Gasteiger partial charge in [-0.3, -0.25) is 14.4 Å². The predicted octanol–water partition coefficient (Wildman–Crippen LogP) is 20.5. The van der Waals surface area contributed by atoms with Gasteiger partial charge in [-0.1, -0.05) is 266 Å². The second-order valence-corrected chi connectivity index (χ2v) is 19.9. The van der Waals surface area contributed by atoms with Crippen molar-refractivity contribution in [3.63, 3.8) is 0 Å². The number of rotatable bonds is 54. The van der Waals surface area contributed by atoms with Gasteiger partial charge in [0.25, 0.3) is 0 Å². The lowest BCUT2D eigenvalue weighted by atomic mass is 10.0. The summed E-state index contributed by atoms with van der Waals surface area (Å²) in [4.78, 5) is 38.2. The van der Waals surface area contributed by atoms with Crippen molar-refractivity contribution < 1.29 is 28.6 Å². The maximum Gasteiger partial charge on any atom is 0.306 e. The van der Waals surface area contributed by atoms with Crippen LogP contribution >= 0.6 is 0 Å². The minimum absolute atomic E-state index is 0.0829. The fraction of sp³-hybridized carbons (Fsp3) is 0.712. The first-order valence-corrected chi connectivity index (χ1v) is 30.2. The van der Waals surface area contributed by atoms with E-state index in [2.05, 4.69) is 118 Å². The predicted molar refractivity (Wildman–Crippen MR) is 311 cm³/mol. The molecule has 6 nitrogen and oxygen atoms in total. The fourth-order valence-corrected chi connectivity index (χ4v) is 8.37. The summed E-state index contributed by atoms with van der Waals surface area (Å²) < 4.78 is 16.9. The molecule has 0 aliphatic heterocycles. The summed E-state index contributed by atoms with van der Waals surface area (Å²) >= 11 is 0. The minimum atomic E-state index is -0.786. The van der Waals surface area contributed by atoms with Gasteiger partial charge in [-0.15, -0.1) is 0 Å². The third-order valence-corrected chi connectivity index (χ3v) is 12.8. The number of carbonyl (C=O) groups excluding carboxylic acids is 3. The van der Waals surface area contributed by atoms with Crippen molar-refractivity contribution in [3.05, 3.63) is 97.2 Å². The van der Waals surface area contributed by atoms with Crippen molar-refractivity contribution in [1.82, 2.24) is 0 Å². The van der Waals surface area contributed by atoms with Gasteiger partial charge < -0.3 is 14.2 Å². The highest BCUT2D eigenvalue weighted by atomic mass is 16.6. The van der Waals surface area contributed by atoms with E-state index in [1.165, 1.54) is 116 Å². The van der Waals surface area contributed by atoms with Crippen LogP contribution in [0.2, 0.25) is 0 Å². The summed E-state index contributed by atoms with van der Waals surface area (Å²) in [6.07, 6.45) is 79.8. The van der Waals surface area contributed by atoms with Gasteiger partial charge >= 0.3 is 17.9 Å². The molecule has 0 heterocycles. The SMILES string of the molecule is CC/C=C\C/C=C\C/C=C\C/C=C\C/C=C\CCCCCCCCCCCCCC(=O)OCC(COC(=O)CCCCCCCCCCCCCC)OC(=O)CCCCCCC/C=C\C/C=C\C/C=C\CC. The molecule has 0 aromatic carbocycles. The standard InChI is InChI=1S/C66H112O6/c1-4-7-10-13-16-19-22-25-27-28-29-30-31-32-33-34-35-36-37-38-40-41-44-47-50-53-56-59-65(68)71-62-63(61-70-64(67)58-55-52-49-46-43-24-21-18-15-12-9-6-3)72-66(69)60-57-54-51-48-45-42-39-26-23-20-17-14-11-8-5-2/h7-8,10-11,16-17,19-20,25-27,29-30,32-33,39,63H,4-6,9,12-15,18,21-24,28,31,34-38,40-62H2,1-3H3/b10-7-,11-8-,19-16-,20-17-,27-25-,30-29-,33-32-,39-26-. The van der Waals surface area contributed by atoms with Crippen LogP contribution in [0.25, 0.3) is 0 Å². The van der Waals surface area contributed by atoms with Crippen LogP contribution in [-0.4, -0.2) is 37.2 Å². The quantitative estimate of drug-likeness (QED) is 0.0261. The molecule has 0 aromatic rings. The van der Waals surface area contributed by atoms with E-state index in [1.54, 1.807) is 0 Å². The molecular formula is C66H112O6. The van der Waals surface area contributed by atoms with Gasteiger partial charge in [0.05, 0.1) is 0 Å². The zero-order chi connectivity index (χ0) is 52.2. The van der Waals surface area contributed by atoms with Gasteiger partial charge in [0.1, 0.15) is 13.2 Å². The van der Waals surface area contributed by atoms with Crippen molar-refractivity contribution in [1.29, 1.82) is 0 Å². The zero-order valence-electron chi connectivity index (χ0n) is 47.2. The largest absolute Gasteiger partial charge is 0.462 e. The van der Waals surface area contributed by atoms with Crippen LogP contribution in [0.3, 0.4) is 0 Å². The first-order valence-electron chi connectivity index (χ1n) is 30.2. The van der Waals surface area contributed by atoms with E-state index < -0.39 is 6.10 Å². The number of unbranched alkanes of at least 4 members (excludes halogenated alkanes) is 27. The van der Waals surface area contributed by atoms with E-state index in [4.69, 9.17) is 14.2 Å². The first-order chi connectivity index (χ1) is 35.5. The molecular weight excluding hydrogens is 889 g/mol. The van der Waals surface area contributed by atoms with Crippen molar-refractivity contribution in [3.8, 4) is 0 Å². The topological polar surface area (TPSA) is 78.9 Å². The molecule has 0 N–H and O–H groups in total. The van der Waals surface area contributed by atoms with E-state index in [1.807, 2.05) is 0 Å². The lowest BCUT2D eigenvalue weighted by Gasteiger charge is -2.18. The third-order valence-electron chi connectivity index (χ3n) is 12.8. The van der Waals surface area contributed by atoms with Crippen LogP contribution in [0, 0.1) is 0 Å². The maximum atomic E-state index is 12.8. The summed E-state index contributed by atoms with van der Waals surface area (Å²) in [6, 6.07) is 0. The number of esters is 3. The van der Waals surface area contributed by atoms with E-state index >= 15 is 0 Å². The van der Waals surface area contributed by atoms with Crippen LogP contribution < -0.4 is 0 Å². The van der Waals surface area contributed by atoms with Crippen LogP contribution in [-0.2, 0) is 28.6 Å². The molecule has 0 aliphatic rings. The molecule has 412 valence electrons. The molecule has 1 unspecified atom stereocenters. The lowest BCUT2D eigenvalue weighted by molar-refractivity contribution is -0.167. The summed E-state index contributed by atoms with van der Waals surface area (Å²) in [5, 5.41) is 0. The molecule has 0 saturated carbocycles. The Bertz CT molecular complexity index is 1430. The monoisotopic (exact) mass is 1000 g/mol. The van der Waals surface area contributed by atoms with Gasteiger partial charge in [0.2, 0.25) is 0 Å². The van der Waals surface area contributed by atoms with Gasteiger partial charge in [-0.2, -0.15) is 0 Å². The Morgan fingerprint density at radius 3 is 0.847 bits per heavy atom. The molecule has 0 radical (unpaired) electrons. The molecule has 0 amide bonds. The van der Waals surface area contributed by atoms with Gasteiger partial charge in [-0.25, -0.2) is 0 Å². The van der Waals surface area contributed by atoms with E-state index in [0.717, 1.165) is 128 Å². The molecule has 0 spiro atoms. The zero-order valence-corrected chi connectivity index (χ0v) is 47.2. The molecule has 0 aromatic heterocycles. The van der Waals surface area contributed by atoms with E-state index in [0.29, 0.717) is 19.3 Å². The smallest absolute Gasteiger partial charge is 0.306 e. The summed E-state index contributed by atoms with van der Waals surface area (Å²) in [5.74, 6) is -0.897. The molecule has 0 fully saturated rings. The Kier molecular flexibility index (Phi) is 56.8. The minimum Gasteiger partial charge on any atom is -0.462 e. The van der Waals surface area contributed by atoms with Crippen LogP contribution in [0.4, 0.5) is 0 Å². The lowest BCUT2D eigenvalue weighted by Crippen LogP contribution is -2.30. The average molecular weight is 1000 g/mol. The van der Waals surface area contributed by atoms with Crippen molar-refractivity contribution >= 4 is 17.9 Å². The van der Waals surface area contributed by atoms with Crippen molar-refractivity contribution in [2.75, 3.05) is 13.2 Å². The van der Waals surface area contributed by atoms with Crippen LogP contribution in [0.1, 0.15) is 284 Å². The number of ether oxygens (including phenoxy) is 3. The highest BCUT2D eigenvalue weighted by Crippen LogP contribution is 2.16. The number of allylic oxidation sites excluding steroid dienone is 16. The van der Waals surface area contributed by atoms with Crippen molar-refractivity contribution in [2.24, 2.45) is 0 Å². The number of carbonyl (C=O) groups is 3. The van der Waals surface area contributed by atoms with Crippen molar-refractivity contribution in [2.45, 2.75) is 290 Å². The van der Waals surface area contributed by atoms with Crippen LogP contribution in [0.15, 0.2) is 97.2 Å². The highest BCUT2D eigenvalue weighted by Gasteiger charge is 2.19. The number of hydrogen-bond acceptors (Lipinski definition) is 6. The Balaban J connectivity index is 4.27. The molecule has 0 bridgehead atoms. The Morgan fingerprint density at radius 2 is 0.542 bits per heavy atom. The highest BCUT2D eigenvalue weighted by molar-refractivity contribution is 5.71. The fourth-order valence-electron chi connectivity index (χ4n) is 8.37. The molecule has 6 heteroatoms. The third kappa shape index (κ3) is 57.2. The number of hydrogen-bond donors (Lipinski definition) is 0. The summed E-state index contributed by atoms with van der Waals surface area (Å²) in [6.45, 7) is 6.41. The van der Waals surface area contributed by atoms with Gasteiger partial charge in [-0.05, 0) is 96.3 Å². The normalized spacial score (nSPS) is 12.8. The Morgan fingerprint density at radius 1 is 0.292 bits per heavy atom. The van der Waals surface area contributed by atoms with E-state index in [-0.39, 0.29) is 31.1 Å². The van der Waals surface area contributed by atoms with E-state index in [9.17, 15) is 14.4 Å². The van der Waals surface area contributed by atoms with Gasteiger partial charge in [0.15, 0.2) is 6.10 Å². The Labute approximate surface area is 445 Å². The summed E-state index contributed by atoms with van der Waals surface area (Å²) in [5.41, 5.74) is 0. The average Bonchev–Trinajstić information content (AvgIpc) is 3.38. The molecule has 0 rings (SSSR count). The molecule has 0 aliphatic carbocycles. The first kappa shape index (κ1) is 68.3. The van der Waals surface area contributed by atoms with Gasteiger partial charge in [0, 0.05) is 19.3 Å². The van der Waals surface area contributed by atoms with Crippen LogP contribution in [0.5, 0.6) is 0 Å². The second-order valence-electron chi connectivity index (χ2n) is 19.9. The Hall–Kier alpha value is -3.67. The molecule has 72 heavy (non-hydrogen) atoms.